The Morgan fingerprint density at radius 3 is 2.62 bits per heavy atom. The lowest BCUT2D eigenvalue weighted by atomic mass is 9.98. The molecule has 0 aromatic rings. The van der Waals surface area contributed by atoms with Crippen molar-refractivity contribution in [2.45, 2.75) is 51.0 Å². The fourth-order valence-electron chi connectivity index (χ4n) is 1.74. The van der Waals surface area contributed by atoms with Gasteiger partial charge in [0.25, 0.3) is 0 Å². The maximum Gasteiger partial charge on any atom is 0.0982 e. The molecule has 0 atom stereocenters. The van der Waals surface area contributed by atoms with Crippen LogP contribution in [0.3, 0.4) is 0 Å². The second-order valence-corrected chi connectivity index (χ2v) is 3.74. The Balaban J connectivity index is 2.14. The van der Waals surface area contributed by atoms with Gasteiger partial charge in [-0.2, -0.15) is 0 Å². The highest BCUT2D eigenvalue weighted by Gasteiger charge is 2.14. The van der Waals surface area contributed by atoms with E-state index in [0.717, 1.165) is 18.6 Å². The van der Waals surface area contributed by atoms with Crippen molar-refractivity contribution in [1.82, 2.24) is 0 Å². The van der Waals surface area contributed by atoms with Crippen LogP contribution in [0, 0.1) is 0 Å². The highest BCUT2D eigenvalue weighted by atomic mass is 16.5. The molecule has 1 rings (SSSR count). The minimum absolute atomic E-state index is 0.450. The van der Waals surface area contributed by atoms with Crippen LogP contribution in [-0.4, -0.2) is 6.10 Å². The minimum atomic E-state index is 0.450. The van der Waals surface area contributed by atoms with Crippen LogP contribution >= 0.6 is 0 Å². The van der Waals surface area contributed by atoms with Gasteiger partial charge in [0.2, 0.25) is 0 Å². The molecule has 1 aliphatic carbocycles. The van der Waals surface area contributed by atoms with Gasteiger partial charge in [0.1, 0.15) is 0 Å². The Morgan fingerprint density at radius 1 is 1.31 bits per heavy atom. The molecule has 0 heterocycles. The van der Waals surface area contributed by atoms with Crippen LogP contribution < -0.4 is 0 Å². The summed E-state index contributed by atoms with van der Waals surface area (Å²) in [5, 5.41) is 0. The van der Waals surface area contributed by atoms with Gasteiger partial charge in [0, 0.05) is 6.42 Å². The summed E-state index contributed by atoms with van der Waals surface area (Å²) in [6, 6.07) is 0. The molecule has 0 aliphatic heterocycles. The first-order valence-electron chi connectivity index (χ1n) is 5.28. The van der Waals surface area contributed by atoms with Crippen molar-refractivity contribution in [1.29, 1.82) is 0 Å². The highest BCUT2D eigenvalue weighted by Crippen LogP contribution is 2.23. The Morgan fingerprint density at radius 2 is 2.00 bits per heavy atom. The molecule has 13 heavy (non-hydrogen) atoms. The standard InChI is InChI=1S/C12H20O/c1-3-4-8-11(2)13-12-9-6-5-7-10-12/h3,12H,1-2,4-10H2. The van der Waals surface area contributed by atoms with E-state index in [9.17, 15) is 0 Å². The third-order valence-electron chi connectivity index (χ3n) is 2.51. The smallest absolute Gasteiger partial charge is 0.0982 e. The molecule has 1 aliphatic rings. The zero-order valence-corrected chi connectivity index (χ0v) is 8.43. The zero-order valence-electron chi connectivity index (χ0n) is 8.43. The van der Waals surface area contributed by atoms with Gasteiger partial charge in [-0.15, -0.1) is 6.58 Å². The molecular weight excluding hydrogens is 160 g/mol. The van der Waals surface area contributed by atoms with E-state index in [1.807, 2.05) is 6.08 Å². The van der Waals surface area contributed by atoms with E-state index in [4.69, 9.17) is 4.74 Å². The lowest BCUT2D eigenvalue weighted by Gasteiger charge is -2.23. The molecule has 0 bridgehead atoms. The average molecular weight is 180 g/mol. The molecule has 0 radical (unpaired) electrons. The number of allylic oxidation sites excluding steroid dienone is 2. The molecule has 1 nitrogen and oxygen atoms in total. The topological polar surface area (TPSA) is 9.23 Å². The quantitative estimate of drug-likeness (QED) is 0.461. The first kappa shape index (κ1) is 10.4. The van der Waals surface area contributed by atoms with Gasteiger partial charge >= 0.3 is 0 Å². The molecule has 1 heteroatoms. The minimum Gasteiger partial charge on any atom is -0.495 e. The molecule has 74 valence electrons. The fourth-order valence-corrected chi connectivity index (χ4v) is 1.74. The number of ether oxygens (including phenoxy) is 1. The van der Waals surface area contributed by atoms with Crippen molar-refractivity contribution in [3.8, 4) is 0 Å². The van der Waals surface area contributed by atoms with Gasteiger partial charge in [-0.25, -0.2) is 0 Å². The van der Waals surface area contributed by atoms with Crippen LogP contribution in [0.2, 0.25) is 0 Å². The first-order valence-corrected chi connectivity index (χ1v) is 5.28. The molecule has 0 N–H and O–H groups in total. The molecule has 0 aromatic heterocycles. The predicted octanol–water partition coefficient (Wildman–Crippen LogP) is 3.82. The molecular formula is C12H20O. The van der Waals surface area contributed by atoms with Crippen molar-refractivity contribution >= 4 is 0 Å². The van der Waals surface area contributed by atoms with Crippen molar-refractivity contribution in [2.75, 3.05) is 0 Å². The van der Waals surface area contributed by atoms with Crippen LogP contribution in [0.15, 0.2) is 25.0 Å². The van der Waals surface area contributed by atoms with Gasteiger partial charge in [-0.1, -0.05) is 19.1 Å². The molecule has 1 saturated carbocycles. The third kappa shape index (κ3) is 4.16. The molecule has 1 fully saturated rings. The molecule has 0 aromatic carbocycles. The van der Waals surface area contributed by atoms with E-state index in [1.54, 1.807) is 0 Å². The Labute approximate surface area is 81.5 Å². The Kier molecular flexibility index (Phi) is 4.66. The Bertz CT molecular complexity index is 166. The summed E-state index contributed by atoms with van der Waals surface area (Å²) in [4.78, 5) is 0. The molecule has 0 unspecified atom stereocenters. The van der Waals surface area contributed by atoms with Crippen molar-refractivity contribution in [3.63, 3.8) is 0 Å². The number of rotatable bonds is 5. The van der Waals surface area contributed by atoms with Gasteiger partial charge < -0.3 is 4.74 Å². The SMILES string of the molecule is C=CCCC(=C)OC1CCCCC1. The third-order valence-corrected chi connectivity index (χ3v) is 2.51. The largest absolute Gasteiger partial charge is 0.495 e. The maximum atomic E-state index is 5.75. The lowest BCUT2D eigenvalue weighted by Crippen LogP contribution is -2.15. The zero-order chi connectivity index (χ0) is 9.52. The summed E-state index contributed by atoms with van der Waals surface area (Å²) in [6.45, 7) is 7.60. The maximum absolute atomic E-state index is 5.75. The van der Waals surface area contributed by atoms with Crippen molar-refractivity contribution in [3.05, 3.63) is 25.0 Å². The lowest BCUT2D eigenvalue weighted by molar-refractivity contribution is 0.0783. The second-order valence-electron chi connectivity index (χ2n) is 3.74. The van der Waals surface area contributed by atoms with Crippen LogP contribution in [0.4, 0.5) is 0 Å². The summed E-state index contributed by atoms with van der Waals surface area (Å²) < 4.78 is 5.75. The van der Waals surface area contributed by atoms with E-state index in [-0.39, 0.29) is 0 Å². The summed E-state index contributed by atoms with van der Waals surface area (Å²) in [5.41, 5.74) is 0. The van der Waals surface area contributed by atoms with E-state index >= 15 is 0 Å². The van der Waals surface area contributed by atoms with E-state index in [1.165, 1.54) is 32.1 Å². The van der Waals surface area contributed by atoms with Gasteiger partial charge in [-0.3, -0.25) is 0 Å². The summed E-state index contributed by atoms with van der Waals surface area (Å²) in [7, 11) is 0. The fraction of sp³-hybridized carbons (Fsp3) is 0.667. The van der Waals surface area contributed by atoms with Gasteiger partial charge in [-0.05, 0) is 32.1 Å². The monoisotopic (exact) mass is 180 g/mol. The van der Waals surface area contributed by atoms with E-state index < -0.39 is 0 Å². The molecule has 0 spiro atoms. The molecule has 0 saturated heterocycles. The summed E-state index contributed by atoms with van der Waals surface area (Å²) in [6.07, 6.45) is 10.7. The Hall–Kier alpha value is -0.720. The van der Waals surface area contributed by atoms with Crippen LogP contribution in [0.5, 0.6) is 0 Å². The highest BCUT2D eigenvalue weighted by molar-refractivity contribution is 4.87. The number of hydrogen-bond donors (Lipinski definition) is 0. The van der Waals surface area contributed by atoms with Crippen molar-refractivity contribution < 1.29 is 4.74 Å². The average Bonchev–Trinajstić information content (AvgIpc) is 2.16. The van der Waals surface area contributed by atoms with Crippen LogP contribution in [0.1, 0.15) is 44.9 Å². The summed E-state index contributed by atoms with van der Waals surface area (Å²) in [5.74, 6) is 0.937. The summed E-state index contributed by atoms with van der Waals surface area (Å²) >= 11 is 0. The van der Waals surface area contributed by atoms with Crippen LogP contribution in [-0.2, 0) is 4.74 Å². The van der Waals surface area contributed by atoms with Gasteiger partial charge in [0.05, 0.1) is 11.9 Å². The number of hydrogen-bond acceptors (Lipinski definition) is 1. The van der Waals surface area contributed by atoms with E-state index in [2.05, 4.69) is 13.2 Å². The van der Waals surface area contributed by atoms with Crippen LogP contribution in [0.25, 0.3) is 0 Å². The van der Waals surface area contributed by atoms with Crippen molar-refractivity contribution in [2.24, 2.45) is 0 Å². The second kappa shape index (κ2) is 5.85. The molecule has 0 amide bonds. The van der Waals surface area contributed by atoms with E-state index in [0.29, 0.717) is 6.10 Å². The van der Waals surface area contributed by atoms with Gasteiger partial charge in [0.15, 0.2) is 0 Å². The predicted molar refractivity (Wildman–Crippen MR) is 56.5 cm³/mol. The normalized spacial score (nSPS) is 18.2. The first-order chi connectivity index (χ1) is 6.33.